The Kier molecular flexibility index (Phi) is 4.30. The lowest BCUT2D eigenvalue weighted by Crippen LogP contribution is -2.49. The average Bonchev–Trinajstić information content (AvgIpc) is 2.70. The highest BCUT2D eigenvalue weighted by Crippen LogP contribution is 2.09. The second kappa shape index (κ2) is 5.50. The highest BCUT2D eigenvalue weighted by atomic mass is 16.2. The summed E-state index contributed by atoms with van der Waals surface area (Å²) in [5.74, 6) is -0.304. The van der Waals surface area contributed by atoms with E-state index in [1.807, 2.05) is 0 Å². The Morgan fingerprint density at radius 3 is 2.47 bits per heavy atom. The van der Waals surface area contributed by atoms with Crippen LogP contribution in [-0.2, 0) is 4.79 Å². The summed E-state index contributed by atoms with van der Waals surface area (Å²) in [7, 11) is 1.47. The molecular formula is C10H17N3O2. The fourth-order valence-corrected chi connectivity index (χ4v) is 1.47. The summed E-state index contributed by atoms with van der Waals surface area (Å²) in [5.41, 5.74) is 0. The number of hydrogen-bond acceptors (Lipinski definition) is 3. The van der Waals surface area contributed by atoms with Crippen LogP contribution in [0.15, 0.2) is 12.2 Å². The van der Waals surface area contributed by atoms with Crippen LogP contribution in [0.3, 0.4) is 0 Å². The molecule has 3 amide bonds. The number of amides is 3. The van der Waals surface area contributed by atoms with Gasteiger partial charge in [0.2, 0.25) is 5.91 Å². The van der Waals surface area contributed by atoms with Gasteiger partial charge in [0.15, 0.2) is 0 Å². The quantitative estimate of drug-likeness (QED) is 0.581. The van der Waals surface area contributed by atoms with Gasteiger partial charge in [0, 0.05) is 13.1 Å². The zero-order valence-electron chi connectivity index (χ0n) is 9.04. The molecule has 5 heteroatoms. The summed E-state index contributed by atoms with van der Waals surface area (Å²) in [6.45, 7) is 1.75. The molecule has 1 rings (SSSR count). The van der Waals surface area contributed by atoms with Crippen LogP contribution in [0.1, 0.15) is 19.8 Å². The third-order valence-corrected chi connectivity index (χ3v) is 2.35. The Morgan fingerprint density at radius 1 is 1.33 bits per heavy atom. The van der Waals surface area contributed by atoms with E-state index in [4.69, 9.17) is 0 Å². The van der Waals surface area contributed by atoms with Crippen LogP contribution in [0, 0.1) is 0 Å². The Morgan fingerprint density at radius 2 is 1.93 bits per heavy atom. The number of urea groups is 1. The molecule has 0 saturated heterocycles. The van der Waals surface area contributed by atoms with Gasteiger partial charge in [0.05, 0.1) is 6.04 Å². The van der Waals surface area contributed by atoms with Crippen molar-refractivity contribution in [2.75, 3.05) is 7.05 Å². The zero-order valence-corrected chi connectivity index (χ0v) is 9.04. The van der Waals surface area contributed by atoms with E-state index in [0.717, 1.165) is 12.8 Å². The van der Waals surface area contributed by atoms with E-state index in [9.17, 15) is 9.59 Å². The van der Waals surface area contributed by atoms with Crippen molar-refractivity contribution < 1.29 is 9.59 Å². The standard InChI is InChI=1S/C10H17N3O2/c1-7(9(14)13-10(15)11-2)12-8-5-3-4-6-8/h3-4,7-8,12H,5-6H2,1-2H3,(H2,11,13,14,15). The first-order valence-corrected chi connectivity index (χ1v) is 5.07. The summed E-state index contributed by atoms with van der Waals surface area (Å²) >= 11 is 0. The van der Waals surface area contributed by atoms with Crippen LogP contribution in [-0.4, -0.2) is 31.1 Å². The summed E-state index contributed by atoms with van der Waals surface area (Å²) in [6, 6.07) is -0.513. The smallest absolute Gasteiger partial charge is 0.321 e. The molecule has 1 aliphatic carbocycles. The van der Waals surface area contributed by atoms with Crippen LogP contribution in [0.5, 0.6) is 0 Å². The van der Waals surface area contributed by atoms with Gasteiger partial charge in [-0.25, -0.2) is 4.79 Å². The minimum Gasteiger partial charge on any atom is -0.341 e. The van der Waals surface area contributed by atoms with Gasteiger partial charge in [-0.1, -0.05) is 12.2 Å². The van der Waals surface area contributed by atoms with E-state index in [1.165, 1.54) is 7.05 Å². The maximum absolute atomic E-state index is 11.4. The number of imide groups is 1. The number of hydrogen-bond donors (Lipinski definition) is 3. The second-order valence-electron chi connectivity index (χ2n) is 3.60. The van der Waals surface area contributed by atoms with E-state index >= 15 is 0 Å². The second-order valence-corrected chi connectivity index (χ2v) is 3.60. The highest BCUT2D eigenvalue weighted by molar-refractivity contribution is 5.96. The normalized spacial score (nSPS) is 17.5. The monoisotopic (exact) mass is 211 g/mol. The molecule has 1 unspecified atom stereocenters. The molecular weight excluding hydrogens is 194 g/mol. The number of carbonyl (C=O) groups excluding carboxylic acids is 2. The van der Waals surface area contributed by atoms with Crippen LogP contribution >= 0.6 is 0 Å². The Bertz CT molecular complexity index is 268. The van der Waals surface area contributed by atoms with Crippen molar-refractivity contribution in [3.63, 3.8) is 0 Å². The third kappa shape index (κ3) is 3.71. The molecule has 0 saturated carbocycles. The molecule has 0 aromatic rings. The summed E-state index contributed by atoms with van der Waals surface area (Å²) in [4.78, 5) is 22.3. The molecule has 0 bridgehead atoms. The van der Waals surface area contributed by atoms with Gasteiger partial charge in [-0.15, -0.1) is 0 Å². The maximum atomic E-state index is 11.4. The molecule has 15 heavy (non-hydrogen) atoms. The lowest BCUT2D eigenvalue weighted by atomic mass is 10.2. The average molecular weight is 211 g/mol. The SMILES string of the molecule is CNC(=O)NC(=O)C(C)NC1CC=CC1. The molecule has 0 spiro atoms. The fraction of sp³-hybridized carbons (Fsp3) is 0.600. The summed E-state index contributed by atoms with van der Waals surface area (Å²) in [6.07, 6.45) is 6.05. The fourth-order valence-electron chi connectivity index (χ4n) is 1.47. The van der Waals surface area contributed by atoms with Crippen molar-refractivity contribution in [2.45, 2.75) is 31.8 Å². The van der Waals surface area contributed by atoms with Gasteiger partial charge in [0.1, 0.15) is 0 Å². The minimum atomic E-state index is -0.474. The van der Waals surface area contributed by atoms with Crippen LogP contribution in [0.25, 0.3) is 0 Å². The van der Waals surface area contributed by atoms with Crippen molar-refractivity contribution >= 4 is 11.9 Å². The van der Waals surface area contributed by atoms with E-state index in [0.29, 0.717) is 6.04 Å². The number of nitrogens with one attached hydrogen (secondary N) is 3. The van der Waals surface area contributed by atoms with Crippen molar-refractivity contribution in [3.8, 4) is 0 Å². The van der Waals surface area contributed by atoms with Gasteiger partial charge in [-0.3, -0.25) is 10.1 Å². The van der Waals surface area contributed by atoms with Crippen molar-refractivity contribution in [1.29, 1.82) is 0 Å². The topological polar surface area (TPSA) is 70.2 Å². The molecule has 0 radical (unpaired) electrons. The maximum Gasteiger partial charge on any atom is 0.321 e. The van der Waals surface area contributed by atoms with Gasteiger partial charge in [-0.2, -0.15) is 0 Å². The summed E-state index contributed by atoms with van der Waals surface area (Å²) < 4.78 is 0. The van der Waals surface area contributed by atoms with Crippen LogP contribution in [0.2, 0.25) is 0 Å². The summed E-state index contributed by atoms with van der Waals surface area (Å²) in [5, 5.41) is 7.72. The van der Waals surface area contributed by atoms with Gasteiger partial charge in [-0.05, 0) is 19.8 Å². The molecule has 0 fully saturated rings. The van der Waals surface area contributed by atoms with Gasteiger partial charge >= 0.3 is 6.03 Å². The lowest BCUT2D eigenvalue weighted by molar-refractivity contribution is -0.121. The minimum absolute atomic E-state index is 0.304. The molecule has 0 aromatic carbocycles. The molecule has 5 nitrogen and oxygen atoms in total. The van der Waals surface area contributed by atoms with Crippen molar-refractivity contribution in [1.82, 2.24) is 16.0 Å². The first-order chi connectivity index (χ1) is 7.13. The van der Waals surface area contributed by atoms with Gasteiger partial charge < -0.3 is 10.6 Å². The van der Waals surface area contributed by atoms with E-state index in [-0.39, 0.29) is 11.9 Å². The van der Waals surface area contributed by atoms with Crippen molar-refractivity contribution in [2.24, 2.45) is 0 Å². The highest BCUT2D eigenvalue weighted by Gasteiger charge is 2.19. The Hall–Kier alpha value is -1.36. The largest absolute Gasteiger partial charge is 0.341 e. The first-order valence-electron chi connectivity index (χ1n) is 5.07. The Labute approximate surface area is 89.3 Å². The number of rotatable bonds is 3. The molecule has 3 N–H and O–H groups in total. The molecule has 1 atom stereocenters. The first kappa shape index (κ1) is 11.7. The Balaban J connectivity index is 2.29. The van der Waals surface area contributed by atoms with Crippen LogP contribution in [0.4, 0.5) is 4.79 Å². The molecule has 0 heterocycles. The predicted octanol–water partition coefficient (Wildman–Crippen LogP) is 0.139. The van der Waals surface area contributed by atoms with Gasteiger partial charge in [0.25, 0.3) is 0 Å². The lowest BCUT2D eigenvalue weighted by Gasteiger charge is -2.18. The molecule has 84 valence electrons. The predicted molar refractivity (Wildman–Crippen MR) is 57.4 cm³/mol. The van der Waals surface area contributed by atoms with E-state index < -0.39 is 6.03 Å². The van der Waals surface area contributed by atoms with Crippen molar-refractivity contribution in [3.05, 3.63) is 12.2 Å². The number of carbonyl (C=O) groups is 2. The molecule has 0 aromatic heterocycles. The zero-order chi connectivity index (χ0) is 11.3. The van der Waals surface area contributed by atoms with E-state index in [2.05, 4.69) is 28.1 Å². The molecule has 1 aliphatic rings. The molecule has 0 aliphatic heterocycles. The van der Waals surface area contributed by atoms with Crippen LogP contribution < -0.4 is 16.0 Å². The third-order valence-electron chi connectivity index (χ3n) is 2.35. The van der Waals surface area contributed by atoms with E-state index in [1.54, 1.807) is 6.92 Å².